The highest BCUT2D eigenvalue weighted by molar-refractivity contribution is 5.00. The predicted octanol–water partition coefficient (Wildman–Crippen LogP) is 30.9. The van der Waals surface area contributed by atoms with E-state index < -0.39 is 0 Å². The van der Waals surface area contributed by atoms with Crippen molar-refractivity contribution in [3.05, 3.63) is 0 Å². The standard InChI is InChI=1S/C9H20.6C8H18.2C7H12.2C7H14/c1-7-9(5,6)8(2,3)4;1-7(2)6-8(3,4)5;2*1-7(2,3)8(4,5)6;2*1-6-7(2)8(3,4)5;1-6-8(4,5)7(2)3;1-7(4-5-7)6-2-3-6;1-5-4-7(5)6-2-3-6;1-6-4-7(2,3)5-6;1-5-4-6(2)7(5)3/h7H2,1-6H3;7H,6H2,1-5H3;2*1-6H3;3*7H,6H2,1-5H3;6H,2-5H2,1H3;5-7H,2-4H2,1H3;6H,4-5H2,1-3H3;5-7H,4H2,1-3H3/t;;;;7-;;;;5-,7?;;/m....1...0../s1. The molecule has 0 heteroatoms. The molecule has 6 fully saturated rings. The van der Waals surface area contributed by atoms with Crippen LogP contribution < -0.4 is 0 Å². The SMILES string of the molecule is CC(C)(C)C(C)(C)C.CC(C)(C)C(C)(C)C.CC(C)CC(C)(C)C.CC1(C2CC2)CC1.CC1CC(C)(C)C1.CC1CC(C)C1C.CCC(C)(C)C(C)(C)C.CCC(C)(C)C(C)C.CCC(C)C(C)(C)C.CC[C@@H](C)C(C)(C)C.C[C@H]1CC1C1CC1. The van der Waals surface area contributed by atoms with Crippen molar-refractivity contribution in [2.24, 2.45) is 136 Å². The lowest BCUT2D eigenvalue weighted by Gasteiger charge is -2.40. The van der Waals surface area contributed by atoms with Crippen molar-refractivity contribution in [2.45, 2.75) is 415 Å². The molecule has 6 aliphatic carbocycles. The summed E-state index contributed by atoms with van der Waals surface area (Å²) in [6.07, 6.45) is 21.6. The summed E-state index contributed by atoms with van der Waals surface area (Å²) in [5.41, 5.74) is 6.31. The van der Waals surface area contributed by atoms with Crippen LogP contribution in [0.4, 0.5) is 0 Å². The van der Waals surface area contributed by atoms with Gasteiger partial charge in [-0.2, -0.15) is 0 Å². The third-order valence-corrected chi connectivity index (χ3v) is 24.4. The Hall–Kier alpha value is 0. The van der Waals surface area contributed by atoms with E-state index in [1.54, 1.807) is 19.3 Å². The number of hydrogen-bond donors (Lipinski definition) is 0. The Labute approximate surface area is 547 Å². The summed E-state index contributed by atoms with van der Waals surface area (Å²) < 4.78 is 0. The molecule has 0 spiro atoms. The molecule has 6 atom stereocenters. The van der Waals surface area contributed by atoms with Crippen LogP contribution in [0.5, 0.6) is 0 Å². The zero-order chi connectivity index (χ0) is 69.5. The molecule has 0 aromatic carbocycles. The van der Waals surface area contributed by atoms with Crippen molar-refractivity contribution < 1.29 is 0 Å². The average molecular weight is 1200 g/mol. The van der Waals surface area contributed by atoms with Crippen LogP contribution in [0.3, 0.4) is 0 Å². The molecule has 6 rings (SSSR count). The van der Waals surface area contributed by atoms with Crippen molar-refractivity contribution in [3.8, 4) is 0 Å². The van der Waals surface area contributed by atoms with E-state index >= 15 is 0 Å². The van der Waals surface area contributed by atoms with Gasteiger partial charge in [-0.25, -0.2) is 0 Å². The summed E-state index contributed by atoms with van der Waals surface area (Å²) in [6, 6.07) is 0. The quantitative estimate of drug-likeness (QED) is 0.227. The minimum atomic E-state index is 0.437. The first-order valence-electron chi connectivity index (χ1n) is 37.2. The van der Waals surface area contributed by atoms with E-state index in [9.17, 15) is 0 Å². The van der Waals surface area contributed by atoms with Crippen LogP contribution >= 0.6 is 0 Å². The maximum Gasteiger partial charge on any atom is -0.0297 e. The van der Waals surface area contributed by atoms with Crippen LogP contribution in [0, 0.1) is 136 Å². The van der Waals surface area contributed by atoms with Gasteiger partial charge in [0.1, 0.15) is 0 Å². The van der Waals surface area contributed by atoms with E-state index in [1.807, 2.05) is 0 Å². The third-order valence-electron chi connectivity index (χ3n) is 24.4. The van der Waals surface area contributed by atoms with Gasteiger partial charge in [-0.3, -0.25) is 0 Å². The summed E-state index contributed by atoms with van der Waals surface area (Å²) in [6.45, 7) is 106. The Balaban J connectivity index is -0.000000276. The van der Waals surface area contributed by atoms with Gasteiger partial charge in [-0.1, -0.05) is 344 Å². The Kier molecular flexibility index (Phi) is 42.2. The Morgan fingerprint density at radius 1 is 0.412 bits per heavy atom. The second-order valence-corrected chi connectivity index (χ2v) is 41.9. The molecule has 0 saturated heterocycles. The van der Waals surface area contributed by atoms with Crippen molar-refractivity contribution in [3.63, 3.8) is 0 Å². The zero-order valence-corrected chi connectivity index (χ0v) is 69.5. The molecule has 0 aromatic heterocycles. The minimum Gasteiger partial charge on any atom is -0.0651 e. The molecule has 6 saturated carbocycles. The molecular weight excluding hydrogens is 1020 g/mol. The van der Waals surface area contributed by atoms with Gasteiger partial charge in [0.05, 0.1) is 0 Å². The van der Waals surface area contributed by atoms with Gasteiger partial charge in [0, 0.05) is 0 Å². The van der Waals surface area contributed by atoms with Crippen LogP contribution in [0.15, 0.2) is 0 Å². The Morgan fingerprint density at radius 2 is 0.729 bits per heavy atom. The van der Waals surface area contributed by atoms with E-state index in [-0.39, 0.29) is 0 Å². The fourth-order valence-corrected chi connectivity index (χ4v) is 9.51. The summed E-state index contributed by atoms with van der Waals surface area (Å²) in [5, 5.41) is 0. The maximum absolute atomic E-state index is 2.44. The molecule has 0 aliphatic heterocycles. The van der Waals surface area contributed by atoms with Crippen LogP contribution in [0.25, 0.3) is 0 Å². The van der Waals surface area contributed by atoms with E-state index in [0.29, 0.717) is 59.6 Å². The van der Waals surface area contributed by atoms with Crippen LogP contribution in [0.2, 0.25) is 0 Å². The average Bonchev–Trinajstić information content (AvgIpc) is 4.06. The van der Waals surface area contributed by atoms with Gasteiger partial charge >= 0.3 is 0 Å². The summed E-state index contributed by atoms with van der Waals surface area (Å²) >= 11 is 0. The lowest BCUT2D eigenvalue weighted by Crippen LogP contribution is -2.29. The van der Waals surface area contributed by atoms with Crippen LogP contribution in [0.1, 0.15) is 415 Å². The van der Waals surface area contributed by atoms with Gasteiger partial charge < -0.3 is 0 Å². The Bertz CT molecular complexity index is 1510. The normalized spacial score (nSPS) is 23.2. The van der Waals surface area contributed by atoms with Crippen molar-refractivity contribution in [2.75, 3.05) is 0 Å². The first-order chi connectivity index (χ1) is 37.2. The molecular formula is C85H180. The monoisotopic (exact) mass is 1200 g/mol. The van der Waals surface area contributed by atoms with Gasteiger partial charge in [0.25, 0.3) is 0 Å². The van der Waals surface area contributed by atoms with Gasteiger partial charge in [-0.15, -0.1) is 0 Å². The third kappa shape index (κ3) is 47.5. The summed E-state index contributed by atoms with van der Waals surface area (Å²) in [4.78, 5) is 0. The zero-order valence-electron chi connectivity index (χ0n) is 69.5. The van der Waals surface area contributed by atoms with E-state index in [1.165, 1.54) is 88.9 Å². The summed E-state index contributed by atoms with van der Waals surface area (Å²) in [5.74, 6) is 12.0. The highest BCUT2D eigenvalue weighted by Crippen LogP contribution is 2.60. The molecule has 6 aliphatic rings. The molecule has 0 heterocycles. The highest BCUT2D eigenvalue weighted by Gasteiger charge is 2.49. The first kappa shape index (κ1) is 93.7. The van der Waals surface area contributed by atoms with Gasteiger partial charge in [-0.05, 0) is 207 Å². The Morgan fingerprint density at radius 3 is 0.753 bits per heavy atom. The number of rotatable bonds is 8. The van der Waals surface area contributed by atoms with Gasteiger partial charge in [0.2, 0.25) is 0 Å². The molecule has 0 amide bonds. The molecule has 0 radical (unpaired) electrons. The fraction of sp³-hybridized carbons (Fsp3) is 1.00. The van der Waals surface area contributed by atoms with Crippen molar-refractivity contribution in [1.82, 2.24) is 0 Å². The molecule has 0 N–H and O–H groups in total. The van der Waals surface area contributed by atoms with Crippen LogP contribution in [-0.4, -0.2) is 0 Å². The second kappa shape index (κ2) is 38.2. The van der Waals surface area contributed by atoms with E-state index in [0.717, 1.165) is 64.6 Å². The molecule has 4 unspecified atom stereocenters. The van der Waals surface area contributed by atoms with E-state index in [2.05, 4.69) is 318 Å². The first-order valence-corrected chi connectivity index (χ1v) is 37.2. The smallest absolute Gasteiger partial charge is 0.0297 e. The highest BCUT2D eigenvalue weighted by atomic mass is 14.5. The molecule has 85 heavy (non-hydrogen) atoms. The summed E-state index contributed by atoms with van der Waals surface area (Å²) in [7, 11) is 0. The van der Waals surface area contributed by atoms with Crippen molar-refractivity contribution >= 4 is 0 Å². The lowest BCUT2D eigenvalue weighted by atomic mass is 9.65. The number of hydrogen-bond acceptors (Lipinski definition) is 0. The minimum absolute atomic E-state index is 0.437. The molecule has 0 aromatic rings. The molecule has 0 bridgehead atoms. The van der Waals surface area contributed by atoms with E-state index in [4.69, 9.17) is 0 Å². The van der Waals surface area contributed by atoms with Crippen LogP contribution in [-0.2, 0) is 0 Å². The fourth-order valence-electron chi connectivity index (χ4n) is 9.51. The lowest BCUT2D eigenvalue weighted by molar-refractivity contribution is 0.111. The topological polar surface area (TPSA) is 0 Å². The van der Waals surface area contributed by atoms with Gasteiger partial charge in [0.15, 0.2) is 0 Å². The van der Waals surface area contributed by atoms with Crippen molar-refractivity contribution in [1.29, 1.82) is 0 Å². The predicted molar refractivity (Wildman–Crippen MR) is 401 cm³/mol. The second-order valence-electron chi connectivity index (χ2n) is 41.9. The maximum atomic E-state index is 2.44. The largest absolute Gasteiger partial charge is 0.0651 e. The molecule has 520 valence electrons. The molecule has 0 nitrogen and oxygen atoms in total.